The Balaban J connectivity index is 1.86. The van der Waals surface area contributed by atoms with Gasteiger partial charge in [0.25, 0.3) is 0 Å². The van der Waals surface area contributed by atoms with Gasteiger partial charge in [0, 0.05) is 12.2 Å². The van der Waals surface area contributed by atoms with Gasteiger partial charge in [0.2, 0.25) is 0 Å². The summed E-state index contributed by atoms with van der Waals surface area (Å²) in [5.74, 6) is -0.369. The Kier molecular flexibility index (Phi) is 5.62. The number of hydrogen-bond acceptors (Lipinski definition) is 3. The Morgan fingerprint density at radius 3 is 2.95 bits per heavy atom. The van der Waals surface area contributed by atoms with Crippen LogP contribution in [0.2, 0.25) is 0 Å². The summed E-state index contributed by atoms with van der Waals surface area (Å²) in [4.78, 5) is 11.2. The normalized spacial score (nSPS) is 15.4. The number of carboxylic acid groups (broad SMARTS) is 1. The van der Waals surface area contributed by atoms with Crippen molar-refractivity contribution in [2.45, 2.75) is 45.6 Å². The second-order valence-electron chi connectivity index (χ2n) is 6.25. The minimum Gasteiger partial charge on any atom is -0.480 e. The summed E-state index contributed by atoms with van der Waals surface area (Å²) in [6, 6.07) is 6.09. The predicted octanol–water partition coefficient (Wildman–Crippen LogP) is 2.68. The fourth-order valence-corrected chi connectivity index (χ4v) is 2.82. The van der Waals surface area contributed by atoms with Gasteiger partial charge < -0.3 is 15.7 Å². The van der Waals surface area contributed by atoms with Crippen molar-refractivity contribution in [3.05, 3.63) is 29.3 Å². The highest BCUT2D eigenvalue weighted by molar-refractivity contribution is 5.73. The van der Waals surface area contributed by atoms with Crippen LogP contribution in [0.25, 0.3) is 0 Å². The van der Waals surface area contributed by atoms with Gasteiger partial charge in [-0.25, -0.2) is 0 Å². The molecular formula is C17H26N2O2. The summed E-state index contributed by atoms with van der Waals surface area (Å²) in [6.07, 6.45) is 3.86. The molecule has 0 radical (unpaired) electrons. The number of benzene rings is 1. The highest BCUT2D eigenvalue weighted by Gasteiger charge is 2.17. The third kappa shape index (κ3) is 4.74. The molecule has 1 aromatic rings. The largest absolute Gasteiger partial charge is 0.480 e. The zero-order valence-corrected chi connectivity index (χ0v) is 13.0. The quantitative estimate of drug-likeness (QED) is 0.722. The van der Waals surface area contributed by atoms with E-state index in [1.54, 1.807) is 0 Å². The van der Waals surface area contributed by atoms with Gasteiger partial charge in [-0.05, 0) is 55.3 Å². The molecule has 0 bridgehead atoms. The van der Waals surface area contributed by atoms with Crippen LogP contribution in [0.15, 0.2) is 18.2 Å². The van der Waals surface area contributed by atoms with E-state index < -0.39 is 12.0 Å². The summed E-state index contributed by atoms with van der Waals surface area (Å²) in [5, 5.41) is 15.8. The van der Waals surface area contributed by atoms with Crippen molar-refractivity contribution >= 4 is 11.7 Å². The van der Waals surface area contributed by atoms with Gasteiger partial charge in [-0.2, -0.15) is 0 Å². The van der Waals surface area contributed by atoms with E-state index in [1.807, 2.05) is 13.8 Å². The van der Waals surface area contributed by atoms with Crippen LogP contribution in [0.1, 0.15) is 37.8 Å². The third-order valence-corrected chi connectivity index (χ3v) is 3.92. The zero-order valence-electron chi connectivity index (χ0n) is 13.0. The molecule has 21 heavy (non-hydrogen) atoms. The molecule has 0 fully saturated rings. The summed E-state index contributed by atoms with van der Waals surface area (Å²) >= 11 is 0. The van der Waals surface area contributed by atoms with Crippen LogP contribution in [0.4, 0.5) is 5.69 Å². The Hall–Kier alpha value is -1.55. The van der Waals surface area contributed by atoms with E-state index in [4.69, 9.17) is 0 Å². The summed E-state index contributed by atoms with van der Waals surface area (Å²) in [5.41, 5.74) is 3.91. The highest BCUT2D eigenvalue weighted by atomic mass is 16.4. The average Bonchev–Trinajstić information content (AvgIpc) is 2.45. The smallest absolute Gasteiger partial charge is 0.320 e. The van der Waals surface area contributed by atoms with Gasteiger partial charge in [-0.3, -0.25) is 4.79 Å². The van der Waals surface area contributed by atoms with Crippen LogP contribution < -0.4 is 10.6 Å². The second-order valence-corrected chi connectivity index (χ2v) is 6.25. The molecule has 1 aliphatic heterocycles. The van der Waals surface area contributed by atoms with Crippen LogP contribution in [0.3, 0.4) is 0 Å². The molecule has 3 N–H and O–H groups in total. The van der Waals surface area contributed by atoms with E-state index in [1.165, 1.54) is 23.2 Å². The molecule has 116 valence electrons. The molecule has 0 saturated heterocycles. The number of anilines is 1. The van der Waals surface area contributed by atoms with E-state index in [-0.39, 0.29) is 0 Å². The molecule has 0 saturated carbocycles. The minimum atomic E-state index is -0.752. The van der Waals surface area contributed by atoms with E-state index in [9.17, 15) is 9.90 Å². The van der Waals surface area contributed by atoms with Crippen LogP contribution in [-0.2, 0) is 17.6 Å². The number of fused-ring (bicyclic) bond motifs is 1. The maximum absolute atomic E-state index is 11.2. The van der Waals surface area contributed by atoms with E-state index in [0.29, 0.717) is 18.9 Å². The van der Waals surface area contributed by atoms with Crippen molar-refractivity contribution in [3.8, 4) is 0 Å². The molecule has 0 aliphatic carbocycles. The first-order valence-electron chi connectivity index (χ1n) is 7.88. The van der Waals surface area contributed by atoms with Gasteiger partial charge in [0.1, 0.15) is 6.04 Å². The monoisotopic (exact) mass is 290 g/mol. The molecule has 0 amide bonds. The lowest BCUT2D eigenvalue weighted by molar-refractivity contribution is -0.139. The minimum absolute atomic E-state index is 0.383. The number of rotatable bonds is 7. The number of nitrogens with one attached hydrogen (secondary N) is 2. The van der Waals surface area contributed by atoms with E-state index in [2.05, 4.69) is 28.8 Å². The SMILES string of the molecule is CC(C)CC(NCCc1ccc2c(c1)CCCN2)C(=O)O. The fraction of sp³-hybridized carbons (Fsp3) is 0.588. The molecule has 0 spiro atoms. The summed E-state index contributed by atoms with van der Waals surface area (Å²) < 4.78 is 0. The first-order valence-corrected chi connectivity index (χ1v) is 7.88. The standard InChI is InChI=1S/C17H26N2O2/c1-12(2)10-16(17(20)21)19-9-7-13-5-6-15-14(11-13)4-3-8-18-15/h5-6,11-12,16,18-19H,3-4,7-10H2,1-2H3,(H,20,21). The van der Waals surface area contributed by atoms with Gasteiger partial charge in [-0.15, -0.1) is 0 Å². The maximum atomic E-state index is 11.2. The van der Waals surface area contributed by atoms with Crippen molar-refractivity contribution in [1.82, 2.24) is 5.32 Å². The predicted molar refractivity (Wildman–Crippen MR) is 85.8 cm³/mol. The van der Waals surface area contributed by atoms with Gasteiger partial charge in [0.15, 0.2) is 0 Å². The van der Waals surface area contributed by atoms with Gasteiger partial charge in [0.05, 0.1) is 0 Å². The van der Waals surface area contributed by atoms with Crippen molar-refractivity contribution in [1.29, 1.82) is 0 Å². The molecule has 4 nitrogen and oxygen atoms in total. The van der Waals surface area contributed by atoms with E-state index >= 15 is 0 Å². The van der Waals surface area contributed by atoms with Gasteiger partial charge >= 0.3 is 5.97 Å². The number of aliphatic carboxylic acids is 1. The Bertz CT molecular complexity index is 486. The number of carbonyl (C=O) groups is 1. The molecule has 0 aromatic heterocycles. The molecule has 1 atom stereocenters. The summed E-state index contributed by atoms with van der Waals surface area (Å²) in [7, 11) is 0. The van der Waals surface area contributed by atoms with Crippen LogP contribution in [0, 0.1) is 5.92 Å². The molecule has 4 heteroatoms. The summed E-state index contributed by atoms with van der Waals surface area (Å²) in [6.45, 7) is 5.86. The molecule has 1 aromatic carbocycles. The lowest BCUT2D eigenvalue weighted by Gasteiger charge is -2.19. The highest BCUT2D eigenvalue weighted by Crippen LogP contribution is 2.23. The molecule has 1 unspecified atom stereocenters. The zero-order chi connectivity index (χ0) is 15.2. The Morgan fingerprint density at radius 2 is 2.24 bits per heavy atom. The first kappa shape index (κ1) is 15.8. The van der Waals surface area contributed by atoms with Crippen LogP contribution >= 0.6 is 0 Å². The maximum Gasteiger partial charge on any atom is 0.320 e. The number of aryl methyl sites for hydroxylation is 1. The van der Waals surface area contributed by atoms with Crippen molar-refractivity contribution < 1.29 is 9.90 Å². The number of hydrogen-bond donors (Lipinski definition) is 3. The average molecular weight is 290 g/mol. The molecule has 2 rings (SSSR count). The Labute approximate surface area is 126 Å². The van der Waals surface area contributed by atoms with Crippen LogP contribution in [-0.4, -0.2) is 30.2 Å². The van der Waals surface area contributed by atoms with Crippen molar-refractivity contribution in [2.24, 2.45) is 5.92 Å². The number of carboxylic acids is 1. The fourth-order valence-electron chi connectivity index (χ4n) is 2.82. The third-order valence-electron chi connectivity index (χ3n) is 3.92. The topological polar surface area (TPSA) is 61.4 Å². The van der Waals surface area contributed by atoms with E-state index in [0.717, 1.165) is 19.4 Å². The van der Waals surface area contributed by atoms with Gasteiger partial charge in [-0.1, -0.05) is 26.0 Å². The second kappa shape index (κ2) is 7.46. The van der Waals surface area contributed by atoms with Crippen LogP contribution in [0.5, 0.6) is 0 Å². The molecule has 1 aliphatic rings. The van der Waals surface area contributed by atoms with Crippen molar-refractivity contribution in [2.75, 3.05) is 18.4 Å². The Morgan fingerprint density at radius 1 is 1.43 bits per heavy atom. The van der Waals surface area contributed by atoms with Crippen molar-refractivity contribution in [3.63, 3.8) is 0 Å². The lowest BCUT2D eigenvalue weighted by atomic mass is 9.99. The molecule has 1 heterocycles. The lowest BCUT2D eigenvalue weighted by Crippen LogP contribution is -2.38. The molecular weight excluding hydrogens is 264 g/mol. The first-order chi connectivity index (χ1) is 10.1.